The van der Waals surface area contributed by atoms with Gasteiger partial charge in [0.2, 0.25) is 12.1 Å². The van der Waals surface area contributed by atoms with Crippen molar-refractivity contribution in [2.45, 2.75) is 25.1 Å². The molecule has 0 radical (unpaired) electrons. The molecule has 0 saturated carbocycles. The van der Waals surface area contributed by atoms with Crippen LogP contribution in [0.15, 0.2) is 35.4 Å². The van der Waals surface area contributed by atoms with Gasteiger partial charge in [-0.05, 0) is 42.2 Å². The van der Waals surface area contributed by atoms with Crippen LogP contribution in [0, 0.1) is 0 Å². The minimum atomic E-state index is -1.63. The second-order valence-electron chi connectivity index (χ2n) is 8.20. The van der Waals surface area contributed by atoms with Gasteiger partial charge in [-0.1, -0.05) is 35.3 Å². The maximum atomic E-state index is 13.0. The number of phenolic OH excluding ortho intramolecular Hbond substituents is 1. The molecule has 9 N–H and O–H groups in total. The van der Waals surface area contributed by atoms with E-state index in [0.29, 0.717) is 42.7 Å². The summed E-state index contributed by atoms with van der Waals surface area (Å²) in [6.45, 7) is 0.842. The topological polar surface area (TPSA) is 193 Å². The number of carboxylic acids is 1. The van der Waals surface area contributed by atoms with Gasteiger partial charge in [-0.3, -0.25) is 4.79 Å². The second kappa shape index (κ2) is 12.7. The fourth-order valence-electron chi connectivity index (χ4n) is 3.96. The number of hydrogen-bond acceptors (Lipinski definition) is 8. The van der Waals surface area contributed by atoms with Gasteiger partial charge in [0.25, 0.3) is 5.91 Å². The van der Waals surface area contributed by atoms with Gasteiger partial charge in [0, 0.05) is 25.3 Å². The number of nitrogens with two attached hydrogens (primary N) is 1. The molecule has 14 heteroatoms. The van der Waals surface area contributed by atoms with Crippen LogP contribution >= 0.6 is 23.2 Å². The molecule has 0 fully saturated rings. The zero-order valence-corrected chi connectivity index (χ0v) is 21.1. The fourth-order valence-corrected chi connectivity index (χ4v) is 4.67. The summed E-state index contributed by atoms with van der Waals surface area (Å²) in [5.41, 5.74) is 1.91. The van der Waals surface area contributed by atoms with Gasteiger partial charge >= 0.3 is 5.97 Å². The number of anilines is 1. The number of aliphatic hydroxyl groups excluding tert-OH is 2. The number of aliphatic hydroxyl groups is 2. The van der Waals surface area contributed by atoms with E-state index in [9.17, 15) is 24.9 Å². The maximum Gasteiger partial charge on any atom is 0.347 e. The highest BCUT2D eigenvalue weighted by Gasteiger charge is 2.30. The number of carbonyl (C=O) groups is 2. The molecule has 0 spiro atoms. The predicted molar refractivity (Wildman–Crippen MR) is 139 cm³/mol. The van der Waals surface area contributed by atoms with Gasteiger partial charge < -0.3 is 47.1 Å². The smallest absolute Gasteiger partial charge is 0.347 e. The summed E-state index contributed by atoms with van der Waals surface area (Å²) in [6, 6.07) is 8.00. The van der Waals surface area contributed by atoms with Gasteiger partial charge in [-0.15, -0.1) is 5.10 Å². The van der Waals surface area contributed by atoms with Crippen LogP contribution in [0.5, 0.6) is 5.75 Å². The molecule has 2 unspecified atom stereocenters. The normalized spacial score (nSPS) is 14.6. The Bertz CT molecular complexity index is 1180. The van der Waals surface area contributed by atoms with Crippen molar-refractivity contribution >= 4 is 46.7 Å². The number of aliphatic carboxylic acids is 1. The first-order chi connectivity index (χ1) is 17.7. The first-order valence-electron chi connectivity index (χ1n) is 11.3. The van der Waals surface area contributed by atoms with Crippen LogP contribution in [-0.4, -0.2) is 70.7 Å². The number of amides is 1. The van der Waals surface area contributed by atoms with Crippen LogP contribution in [0.4, 0.5) is 5.69 Å². The average Bonchev–Trinajstić information content (AvgIpc) is 3.27. The number of halogens is 2. The molecule has 2 aromatic carbocycles. The van der Waals surface area contributed by atoms with E-state index in [4.69, 9.17) is 34.2 Å². The Balaban J connectivity index is 1.73. The highest BCUT2D eigenvalue weighted by atomic mass is 35.5. The molecule has 0 aliphatic carbocycles. The standard InChI is InChI=1S/C23H28Cl2N6O6/c24-15-11-16-14(4-7-31(16)8-5-17(34)12-2-1-3-13(33)10-12)19(25)18(15)21(35)28-20(22(36)37)29-23(30-26)27-6-9-32/h1-3,10-11,17,20,32-34H,4-9,26H2,(H,28,35)(H,36,37)(H2,27,29,30). The van der Waals surface area contributed by atoms with Crippen LogP contribution < -0.4 is 26.7 Å². The summed E-state index contributed by atoms with van der Waals surface area (Å²) in [6.07, 6.45) is -1.52. The van der Waals surface area contributed by atoms with Crippen molar-refractivity contribution in [3.63, 3.8) is 0 Å². The molecule has 1 aliphatic heterocycles. The lowest BCUT2D eigenvalue weighted by atomic mass is 10.1. The van der Waals surface area contributed by atoms with Crippen molar-refractivity contribution in [1.29, 1.82) is 0 Å². The maximum absolute atomic E-state index is 13.0. The third-order valence-corrected chi connectivity index (χ3v) is 6.47. The van der Waals surface area contributed by atoms with Crippen molar-refractivity contribution in [2.24, 2.45) is 10.9 Å². The summed E-state index contributed by atoms with van der Waals surface area (Å²) in [5, 5.41) is 49.3. The average molecular weight is 555 g/mol. The quantitative estimate of drug-likeness (QED) is 0.0681. The second-order valence-corrected chi connectivity index (χ2v) is 8.98. The number of hydrogen-bond donors (Lipinski definition) is 8. The molecule has 2 atom stereocenters. The van der Waals surface area contributed by atoms with Gasteiger partial charge in [0.1, 0.15) is 5.75 Å². The summed E-state index contributed by atoms with van der Waals surface area (Å²) < 4.78 is 0. The molecule has 3 rings (SSSR count). The van der Waals surface area contributed by atoms with Crippen LogP contribution in [-0.2, 0) is 11.2 Å². The lowest BCUT2D eigenvalue weighted by molar-refractivity contribution is -0.139. The molecular weight excluding hydrogens is 527 g/mol. The Labute approximate surface area is 222 Å². The molecule has 0 aromatic heterocycles. The summed E-state index contributed by atoms with van der Waals surface area (Å²) in [4.78, 5) is 26.7. The fraction of sp³-hybridized carbons (Fsp3) is 0.348. The number of rotatable bonds is 10. The van der Waals surface area contributed by atoms with Gasteiger partial charge in [-0.2, -0.15) is 0 Å². The molecule has 1 aliphatic rings. The van der Waals surface area contributed by atoms with Crippen LogP contribution in [0.25, 0.3) is 0 Å². The number of guanidine groups is 1. The molecule has 0 saturated heterocycles. The van der Waals surface area contributed by atoms with Crippen LogP contribution in [0.1, 0.15) is 34.0 Å². The largest absolute Gasteiger partial charge is 0.508 e. The number of aromatic hydroxyl groups is 1. The number of hydrazone groups is 1. The third-order valence-electron chi connectivity index (χ3n) is 5.76. The van der Waals surface area contributed by atoms with Crippen molar-refractivity contribution in [1.82, 2.24) is 16.0 Å². The minimum absolute atomic E-state index is 0.0249. The third kappa shape index (κ3) is 6.86. The molecule has 200 valence electrons. The number of nitrogens with zero attached hydrogens (tertiary/aromatic N) is 2. The summed E-state index contributed by atoms with van der Waals surface area (Å²) >= 11 is 13.0. The Morgan fingerprint density at radius 3 is 2.62 bits per heavy atom. The van der Waals surface area contributed by atoms with E-state index in [0.717, 1.165) is 0 Å². The number of carbonyl (C=O) groups excluding carboxylic acids is 1. The van der Waals surface area contributed by atoms with E-state index in [-0.39, 0.29) is 40.5 Å². The molecule has 2 aromatic rings. The predicted octanol–water partition coefficient (Wildman–Crippen LogP) is 0.727. The van der Waals surface area contributed by atoms with Crippen LogP contribution in [0.3, 0.4) is 0 Å². The lowest BCUT2D eigenvalue weighted by Gasteiger charge is -2.23. The molecule has 37 heavy (non-hydrogen) atoms. The number of phenols is 1. The SMILES string of the molecule is N/N=C(\NCCO)NC(NC(=O)c1c(Cl)cc2c(c1Cl)CCN2CCC(O)c1cccc(O)c1)C(=O)O. The molecule has 0 bridgehead atoms. The van der Waals surface area contributed by atoms with Crippen molar-refractivity contribution in [2.75, 3.05) is 31.1 Å². The monoisotopic (exact) mass is 554 g/mol. The summed E-state index contributed by atoms with van der Waals surface area (Å²) in [7, 11) is 0. The highest BCUT2D eigenvalue weighted by Crippen LogP contribution is 2.40. The first-order valence-corrected chi connectivity index (χ1v) is 12.1. The van der Waals surface area contributed by atoms with Crippen LogP contribution in [0.2, 0.25) is 10.0 Å². The first kappa shape index (κ1) is 28.1. The van der Waals surface area contributed by atoms with E-state index < -0.39 is 24.1 Å². The number of carboxylic acid groups (broad SMARTS) is 1. The Morgan fingerprint density at radius 2 is 1.97 bits per heavy atom. The minimum Gasteiger partial charge on any atom is -0.508 e. The molecule has 12 nitrogen and oxygen atoms in total. The van der Waals surface area contributed by atoms with Crippen molar-refractivity contribution in [3.8, 4) is 5.75 Å². The molecule has 1 heterocycles. The lowest BCUT2D eigenvalue weighted by Crippen LogP contribution is -2.56. The Hall–Kier alpha value is -3.45. The Morgan fingerprint density at radius 1 is 1.22 bits per heavy atom. The summed E-state index contributed by atoms with van der Waals surface area (Å²) in [5.74, 6) is 2.87. The number of fused-ring (bicyclic) bond motifs is 1. The van der Waals surface area contributed by atoms with E-state index in [1.54, 1.807) is 18.2 Å². The molecule has 1 amide bonds. The highest BCUT2D eigenvalue weighted by molar-refractivity contribution is 6.40. The van der Waals surface area contributed by atoms with Gasteiger partial charge in [-0.25, -0.2) is 4.79 Å². The number of benzene rings is 2. The van der Waals surface area contributed by atoms with E-state index >= 15 is 0 Å². The zero-order chi connectivity index (χ0) is 27.1. The van der Waals surface area contributed by atoms with Gasteiger partial charge in [0.05, 0.1) is 28.3 Å². The number of nitrogens with one attached hydrogen (secondary N) is 3. The Kier molecular flexibility index (Phi) is 9.64. The van der Waals surface area contributed by atoms with Gasteiger partial charge in [0.15, 0.2) is 0 Å². The van der Waals surface area contributed by atoms with Crippen molar-refractivity contribution in [3.05, 3.63) is 57.1 Å². The van der Waals surface area contributed by atoms with Crippen molar-refractivity contribution < 1.29 is 30.0 Å². The zero-order valence-electron chi connectivity index (χ0n) is 19.6. The van der Waals surface area contributed by atoms with E-state index in [2.05, 4.69) is 21.1 Å². The van der Waals surface area contributed by atoms with E-state index in [1.165, 1.54) is 12.1 Å². The molecular formula is C23H28Cl2N6O6. The van der Waals surface area contributed by atoms with E-state index in [1.807, 2.05) is 4.90 Å².